The van der Waals surface area contributed by atoms with Crippen LogP contribution in [-0.2, 0) is 0 Å². The quantitative estimate of drug-likeness (QED) is 0.148. The number of fused-ring (bicyclic) bond motifs is 8. The molecule has 0 spiro atoms. The van der Waals surface area contributed by atoms with Gasteiger partial charge in [-0.1, -0.05) is 188 Å². The molecule has 2 heteroatoms. The molecule has 11 aromatic carbocycles. The highest BCUT2D eigenvalue weighted by Crippen LogP contribution is 2.46. The van der Waals surface area contributed by atoms with Crippen molar-refractivity contribution >= 4 is 65.2 Å². The second-order valence-electron chi connectivity index (χ2n) is 16.8. The van der Waals surface area contributed by atoms with Crippen molar-refractivity contribution in [1.82, 2.24) is 9.13 Å². The van der Waals surface area contributed by atoms with Gasteiger partial charge in [0, 0.05) is 32.9 Å². The zero-order valence-corrected chi connectivity index (χ0v) is 35.0. The maximum atomic E-state index is 2.44. The second kappa shape index (κ2) is 14.6. The molecule has 0 atom stereocenters. The number of nitrogens with zero attached hydrogens (tertiary/aromatic N) is 2. The van der Waals surface area contributed by atoms with E-state index in [1.165, 1.54) is 110 Å². The van der Waals surface area contributed by atoms with Crippen molar-refractivity contribution in [3.63, 3.8) is 0 Å². The first kappa shape index (κ1) is 36.2. The molecular weight excluding hydrogens is 773 g/mol. The first-order valence-electron chi connectivity index (χ1n) is 22.1. The molecule has 0 amide bonds. The Bertz CT molecular complexity index is 3820. The Morgan fingerprint density at radius 1 is 0.203 bits per heavy atom. The Labute approximate surface area is 371 Å². The predicted molar refractivity (Wildman–Crippen MR) is 272 cm³/mol. The minimum Gasteiger partial charge on any atom is -0.309 e. The maximum Gasteiger partial charge on any atom is 0.0541 e. The van der Waals surface area contributed by atoms with E-state index >= 15 is 0 Å². The number of aromatic nitrogens is 2. The highest BCUT2D eigenvalue weighted by atomic mass is 15.0. The van der Waals surface area contributed by atoms with Crippen molar-refractivity contribution in [1.29, 1.82) is 0 Å². The molecule has 0 N–H and O–H groups in total. The van der Waals surface area contributed by atoms with Gasteiger partial charge in [-0.2, -0.15) is 0 Å². The summed E-state index contributed by atoms with van der Waals surface area (Å²) < 4.78 is 4.79. The molecule has 0 radical (unpaired) electrons. The maximum absolute atomic E-state index is 2.44. The van der Waals surface area contributed by atoms with Gasteiger partial charge >= 0.3 is 0 Å². The summed E-state index contributed by atoms with van der Waals surface area (Å²) in [4.78, 5) is 0. The summed E-state index contributed by atoms with van der Waals surface area (Å²) in [6, 6.07) is 89.0. The molecule has 13 rings (SSSR count). The molecule has 0 saturated carbocycles. The Morgan fingerprint density at radius 2 is 0.531 bits per heavy atom. The van der Waals surface area contributed by atoms with Crippen LogP contribution in [0, 0.1) is 0 Å². The van der Waals surface area contributed by atoms with Gasteiger partial charge in [0.25, 0.3) is 0 Å². The molecule has 0 bridgehead atoms. The van der Waals surface area contributed by atoms with Gasteiger partial charge in [-0.05, 0) is 121 Å². The molecule has 0 aliphatic carbocycles. The van der Waals surface area contributed by atoms with E-state index in [1.807, 2.05) is 0 Å². The lowest BCUT2D eigenvalue weighted by Gasteiger charge is -2.20. The van der Waals surface area contributed by atoms with Crippen LogP contribution in [-0.4, -0.2) is 9.13 Å². The second-order valence-corrected chi connectivity index (χ2v) is 16.8. The van der Waals surface area contributed by atoms with Gasteiger partial charge in [-0.15, -0.1) is 0 Å². The van der Waals surface area contributed by atoms with Gasteiger partial charge < -0.3 is 9.13 Å². The SMILES string of the molecule is c1ccc(-c2ccccc2-c2ccc3c(-c4ccc(-n5c6ccccc6c6ccccc65)cc4)c4ccccc4c(-c4ccc(-n5c6ccccc6c6ccccc65)cc4)c3c2)cc1. The van der Waals surface area contributed by atoms with Crippen molar-refractivity contribution in [3.05, 3.63) is 243 Å². The fourth-order valence-corrected chi connectivity index (χ4v) is 10.5. The normalized spacial score (nSPS) is 11.8. The molecule has 0 saturated heterocycles. The Hall–Kier alpha value is -8.46. The fourth-order valence-electron chi connectivity index (χ4n) is 10.5. The van der Waals surface area contributed by atoms with Crippen molar-refractivity contribution in [2.75, 3.05) is 0 Å². The van der Waals surface area contributed by atoms with E-state index in [0.29, 0.717) is 0 Å². The molecule has 2 aromatic heterocycles. The van der Waals surface area contributed by atoms with Gasteiger partial charge in [0.15, 0.2) is 0 Å². The minimum absolute atomic E-state index is 1.15. The average molecular weight is 813 g/mol. The first-order valence-corrected chi connectivity index (χ1v) is 22.1. The van der Waals surface area contributed by atoms with E-state index in [1.54, 1.807) is 0 Å². The summed E-state index contributed by atoms with van der Waals surface area (Å²) in [7, 11) is 0. The highest BCUT2D eigenvalue weighted by Gasteiger charge is 2.20. The van der Waals surface area contributed by atoms with E-state index < -0.39 is 0 Å². The molecule has 13 aromatic rings. The third-order valence-corrected chi connectivity index (χ3v) is 13.3. The molecule has 0 aliphatic heterocycles. The number of benzene rings is 11. The number of hydrogen-bond donors (Lipinski definition) is 0. The smallest absolute Gasteiger partial charge is 0.0541 e. The highest BCUT2D eigenvalue weighted by molar-refractivity contribution is 6.22. The minimum atomic E-state index is 1.15. The topological polar surface area (TPSA) is 9.86 Å². The molecule has 2 heterocycles. The van der Waals surface area contributed by atoms with E-state index in [0.717, 1.165) is 11.4 Å². The van der Waals surface area contributed by atoms with E-state index in [9.17, 15) is 0 Å². The van der Waals surface area contributed by atoms with Gasteiger partial charge in [0.2, 0.25) is 0 Å². The number of para-hydroxylation sites is 4. The summed E-state index contributed by atoms with van der Waals surface area (Å²) >= 11 is 0. The van der Waals surface area contributed by atoms with Gasteiger partial charge in [0.1, 0.15) is 0 Å². The van der Waals surface area contributed by atoms with Crippen LogP contribution < -0.4 is 0 Å². The molecule has 298 valence electrons. The van der Waals surface area contributed by atoms with Gasteiger partial charge in [-0.25, -0.2) is 0 Å². The first-order chi connectivity index (χ1) is 31.8. The zero-order valence-electron chi connectivity index (χ0n) is 35.0. The van der Waals surface area contributed by atoms with Crippen LogP contribution in [0.15, 0.2) is 243 Å². The average Bonchev–Trinajstić information content (AvgIpc) is 3.89. The third kappa shape index (κ3) is 5.59. The molecule has 0 unspecified atom stereocenters. The van der Waals surface area contributed by atoms with Crippen LogP contribution in [0.2, 0.25) is 0 Å². The summed E-state index contributed by atoms with van der Waals surface area (Å²) in [6.07, 6.45) is 0. The molecule has 64 heavy (non-hydrogen) atoms. The van der Waals surface area contributed by atoms with Crippen LogP contribution in [0.4, 0.5) is 0 Å². The lowest BCUT2D eigenvalue weighted by molar-refractivity contribution is 1.18. The number of hydrogen-bond acceptors (Lipinski definition) is 0. The molecule has 0 fully saturated rings. The van der Waals surface area contributed by atoms with Crippen molar-refractivity contribution in [3.8, 4) is 55.9 Å². The fraction of sp³-hybridized carbons (Fsp3) is 0. The van der Waals surface area contributed by atoms with Gasteiger partial charge in [0.05, 0.1) is 22.1 Å². The van der Waals surface area contributed by atoms with Gasteiger partial charge in [-0.3, -0.25) is 0 Å². The van der Waals surface area contributed by atoms with Crippen LogP contribution in [0.25, 0.3) is 121 Å². The Kier molecular flexibility index (Phi) is 8.25. The summed E-state index contributed by atoms with van der Waals surface area (Å²) in [5.74, 6) is 0. The molecule has 0 aliphatic rings. The largest absolute Gasteiger partial charge is 0.309 e. The van der Waals surface area contributed by atoms with Crippen LogP contribution in [0.3, 0.4) is 0 Å². The van der Waals surface area contributed by atoms with Crippen molar-refractivity contribution in [2.24, 2.45) is 0 Å². The van der Waals surface area contributed by atoms with Crippen LogP contribution in [0.1, 0.15) is 0 Å². The standard InChI is InChI=1S/C62H40N2/c1-2-16-41(17-3-1)47-18-4-5-19-48(47)44-34-39-55-56(40-44)62(43-32-37-46(38-33-43)64-59-28-14-10-22-51(59)52-23-11-15-29-60(52)64)54-25-7-6-24-53(54)61(55)42-30-35-45(36-31-42)63-57-26-12-8-20-49(57)50-21-9-13-27-58(50)63/h1-40H. The Morgan fingerprint density at radius 3 is 0.984 bits per heavy atom. The lowest BCUT2D eigenvalue weighted by Crippen LogP contribution is -1.96. The van der Waals surface area contributed by atoms with E-state index in [4.69, 9.17) is 0 Å². The van der Waals surface area contributed by atoms with Crippen LogP contribution in [0.5, 0.6) is 0 Å². The number of rotatable bonds is 6. The monoisotopic (exact) mass is 812 g/mol. The summed E-state index contributed by atoms with van der Waals surface area (Å²) in [5, 5.41) is 9.98. The zero-order chi connectivity index (χ0) is 42.1. The van der Waals surface area contributed by atoms with Crippen LogP contribution >= 0.6 is 0 Å². The van der Waals surface area contributed by atoms with E-state index in [-0.39, 0.29) is 0 Å². The summed E-state index contributed by atoms with van der Waals surface area (Å²) in [6.45, 7) is 0. The third-order valence-electron chi connectivity index (χ3n) is 13.3. The Balaban J connectivity index is 1.03. The van der Waals surface area contributed by atoms with Crippen molar-refractivity contribution < 1.29 is 0 Å². The predicted octanol–water partition coefficient (Wildman–Crippen LogP) is 16.9. The molecular formula is C62H40N2. The summed E-state index contributed by atoms with van der Waals surface area (Å²) in [5.41, 5.74) is 16.8. The van der Waals surface area contributed by atoms with E-state index in [2.05, 4.69) is 252 Å². The van der Waals surface area contributed by atoms with Crippen molar-refractivity contribution in [2.45, 2.75) is 0 Å². The lowest BCUT2D eigenvalue weighted by atomic mass is 9.84. The molecule has 2 nitrogen and oxygen atoms in total.